The molecule has 0 radical (unpaired) electrons. The van der Waals surface area contributed by atoms with Crippen LogP contribution >= 0.6 is 0 Å². The van der Waals surface area contributed by atoms with Gasteiger partial charge in [-0.15, -0.1) is 0 Å². The summed E-state index contributed by atoms with van der Waals surface area (Å²) in [6.45, 7) is 5.60. The third-order valence-electron chi connectivity index (χ3n) is 3.95. The van der Waals surface area contributed by atoms with Gasteiger partial charge >= 0.3 is 0 Å². The molecule has 110 valence electrons. The van der Waals surface area contributed by atoms with Gasteiger partial charge in [0, 0.05) is 0 Å². The summed E-state index contributed by atoms with van der Waals surface area (Å²) in [4.78, 5) is 0. The van der Waals surface area contributed by atoms with Crippen LogP contribution in [-0.4, -0.2) is 6.54 Å². The highest BCUT2D eigenvalue weighted by Gasteiger charge is 2.01. The number of hydrogen-bond acceptors (Lipinski definition) is 1. The van der Waals surface area contributed by atoms with Crippen LogP contribution in [0.15, 0.2) is 0 Å². The lowest BCUT2D eigenvalue weighted by atomic mass is 9.96. The summed E-state index contributed by atoms with van der Waals surface area (Å²) in [5, 5.41) is 0. The molecule has 1 nitrogen and oxygen atoms in total. The Morgan fingerprint density at radius 3 is 1.61 bits per heavy atom. The Hall–Kier alpha value is -0.0400. The monoisotopic (exact) mass is 255 g/mol. The molecule has 0 heterocycles. The molecular weight excluding hydrogens is 218 g/mol. The Morgan fingerprint density at radius 2 is 1.11 bits per heavy atom. The molecule has 1 unspecified atom stereocenters. The zero-order valence-electron chi connectivity index (χ0n) is 13.1. The van der Waals surface area contributed by atoms with Crippen molar-refractivity contribution in [2.45, 2.75) is 97.3 Å². The average molecular weight is 255 g/mol. The lowest BCUT2D eigenvalue weighted by Gasteiger charge is -2.10. The number of hydrogen-bond donors (Lipinski definition) is 1. The average Bonchev–Trinajstić information content (AvgIpc) is 2.37. The predicted molar refractivity (Wildman–Crippen MR) is 83.9 cm³/mol. The van der Waals surface area contributed by atoms with Crippen LogP contribution in [0, 0.1) is 5.92 Å². The highest BCUT2D eigenvalue weighted by atomic mass is 14.5. The van der Waals surface area contributed by atoms with E-state index in [1.807, 2.05) is 0 Å². The molecule has 1 heteroatoms. The Morgan fingerprint density at radius 1 is 0.667 bits per heavy atom. The SMILES string of the molecule is CCCCCCCC(C)CCCCCCCCN. The molecule has 0 bridgehead atoms. The molecule has 0 aromatic heterocycles. The summed E-state index contributed by atoms with van der Waals surface area (Å²) < 4.78 is 0. The molecule has 1 atom stereocenters. The molecule has 0 aliphatic carbocycles. The van der Waals surface area contributed by atoms with E-state index >= 15 is 0 Å². The topological polar surface area (TPSA) is 26.0 Å². The van der Waals surface area contributed by atoms with Crippen molar-refractivity contribution in [1.82, 2.24) is 0 Å². The molecule has 0 aliphatic rings. The molecule has 0 amide bonds. The zero-order valence-corrected chi connectivity index (χ0v) is 13.1. The fourth-order valence-corrected chi connectivity index (χ4v) is 2.58. The van der Waals surface area contributed by atoms with Crippen molar-refractivity contribution >= 4 is 0 Å². The number of unbranched alkanes of at least 4 members (excludes halogenated alkanes) is 9. The van der Waals surface area contributed by atoms with E-state index in [0.29, 0.717) is 0 Å². The fraction of sp³-hybridized carbons (Fsp3) is 1.00. The molecule has 0 saturated carbocycles. The van der Waals surface area contributed by atoms with Crippen LogP contribution in [0.5, 0.6) is 0 Å². The second-order valence-corrected chi connectivity index (χ2v) is 6.01. The van der Waals surface area contributed by atoms with Crippen molar-refractivity contribution in [3.63, 3.8) is 0 Å². The van der Waals surface area contributed by atoms with Gasteiger partial charge in [0.05, 0.1) is 0 Å². The molecule has 0 aliphatic heterocycles. The Labute approximate surface area is 116 Å². The molecule has 2 N–H and O–H groups in total. The quantitative estimate of drug-likeness (QED) is 0.397. The summed E-state index contributed by atoms with van der Waals surface area (Å²) >= 11 is 0. The van der Waals surface area contributed by atoms with E-state index in [0.717, 1.165) is 12.5 Å². The van der Waals surface area contributed by atoms with Crippen molar-refractivity contribution in [3.8, 4) is 0 Å². The molecule has 0 rings (SSSR count). The van der Waals surface area contributed by atoms with Gasteiger partial charge in [0.1, 0.15) is 0 Å². The summed E-state index contributed by atoms with van der Waals surface area (Å²) in [5.74, 6) is 0.954. The van der Waals surface area contributed by atoms with Crippen molar-refractivity contribution < 1.29 is 0 Å². The zero-order chi connectivity index (χ0) is 13.5. The van der Waals surface area contributed by atoms with Crippen molar-refractivity contribution in [2.24, 2.45) is 11.7 Å². The second-order valence-electron chi connectivity index (χ2n) is 6.01. The van der Waals surface area contributed by atoms with Crippen LogP contribution < -0.4 is 5.73 Å². The maximum atomic E-state index is 5.49. The van der Waals surface area contributed by atoms with Gasteiger partial charge in [-0.1, -0.05) is 90.9 Å². The molecular formula is C17H37N. The minimum absolute atomic E-state index is 0.870. The summed E-state index contributed by atoms with van der Waals surface area (Å²) in [7, 11) is 0. The summed E-state index contributed by atoms with van der Waals surface area (Å²) in [5.41, 5.74) is 5.49. The van der Waals surface area contributed by atoms with Crippen LogP contribution in [0.1, 0.15) is 97.3 Å². The van der Waals surface area contributed by atoms with Crippen LogP contribution in [0.2, 0.25) is 0 Å². The van der Waals surface area contributed by atoms with Crippen molar-refractivity contribution in [2.75, 3.05) is 6.54 Å². The first-order chi connectivity index (χ1) is 8.81. The second kappa shape index (κ2) is 15.0. The maximum absolute atomic E-state index is 5.49. The Bertz CT molecular complexity index is 145. The predicted octanol–water partition coefficient (Wildman–Crippen LogP) is 5.67. The van der Waals surface area contributed by atoms with E-state index in [2.05, 4.69) is 13.8 Å². The van der Waals surface area contributed by atoms with Crippen LogP contribution in [0.25, 0.3) is 0 Å². The van der Waals surface area contributed by atoms with E-state index in [-0.39, 0.29) is 0 Å². The number of nitrogens with two attached hydrogens (primary N) is 1. The third kappa shape index (κ3) is 14.0. The Balaban J connectivity index is 3.09. The first-order valence-electron chi connectivity index (χ1n) is 8.51. The van der Waals surface area contributed by atoms with Gasteiger partial charge in [0.2, 0.25) is 0 Å². The van der Waals surface area contributed by atoms with Crippen LogP contribution in [0.3, 0.4) is 0 Å². The Kier molecular flexibility index (Phi) is 15.0. The van der Waals surface area contributed by atoms with E-state index in [4.69, 9.17) is 5.73 Å². The van der Waals surface area contributed by atoms with Gasteiger partial charge in [-0.25, -0.2) is 0 Å². The van der Waals surface area contributed by atoms with E-state index in [1.54, 1.807) is 0 Å². The lowest BCUT2D eigenvalue weighted by molar-refractivity contribution is 0.432. The maximum Gasteiger partial charge on any atom is -0.00773 e. The van der Waals surface area contributed by atoms with Gasteiger partial charge < -0.3 is 5.73 Å². The first kappa shape index (κ1) is 18.0. The molecule has 0 spiro atoms. The minimum atomic E-state index is 0.870. The minimum Gasteiger partial charge on any atom is -0.330 e. The summed E-state index contributed by atoms with van der Waals surface area (Å²) in [6.07, 6.45) is 18.3. The lowest BCUT2D eigenvalue weighted by Crippen LogP contribution is -1.98. The van der Waals surface area contributed by atoms with Gasteiger partial charge in [-0.05, 0) is 18.9 Å². The van der Waals surface area contributed by atoms with Gasteiger partial charge in [0.15, 0.2) is 0 Å². The molecule has 18 heavy (non-hydrogen) atoms. The van der Waals surface area contributed by atoms with Crippen molar-refractivity contribution in [1.29, 1.82) is 0 Å². The largest absolute Gasteiger partial charge is 0.330 e. The highest BCUT2D eigenvalue weighted by Crippen LogP contribution is 2.18. The summed E-state index contributed by atoms with van der Waals surface area (Å²) in [6, 6.07) is 0. The van der Waals surface area contributed by atoms with Gasteiger partial charge in [0.25, 0.3) is 0 Å². The molecule has 0 saturated heterocycles. The highest BCUT2D eigenvalue weighted by molar-refractivity contribution is 4.55. The first-order valence-corrected chi connectivity index (χ1v) is 8.51. The smallest absolute Gasteiger partial charge is 0.00773 e. The van der Waals surface area contributed by atoms with Crippen LogP contribution in [0.4, 0.5) is 0 Å². The van der Waals surface area contributed by atoms with Gasteiger partial charge in [-0.2, -0.15) is 0 Å². The van der Waals surface area contributed by atoms with Crippen LogP contribution in [-0.2, 0) is 0 Å². The normalized spacial score (nSPS) is 12.8. The van der Waals surface area contributed by atoms with Gasteiger partial charge in [-0.3, -0.25) is 0 Å². The third-order valence-corrected chi connectivity index (χ3v) is 3.95. The molecule has 0 fully saturated rings. The van der Waals surface area contributed by atoms with E-state index in [9.17, 15) is 0 Å². The fourth-order valence-electron chi connectivity index (χ4n) is 2.58. The molecule has 0 aromatic rings. The standard InChI is InChI=1S/C17H37N/c1-3-4-5-8-11-14-17(2)15-12-9-6-7-10-13-16-18/h17H,3-16,18H2,1-2H3. The van der Waals surface area contributed by atoms with Crippen molar-refractivity contribution in [3.05, 3.63) is 0 Å². The molecule has 0 aromatic carbocycles. The van der Waals surface area contributed by atoms with E-state index < -0.39 is 0 Å². The number of rotatable bonds is 14. The van der Waals surface area contributed by atoms with E-state index in [1.165, 1.54) is 83.5 Å².